The third kappa shape index (κ3) is 2.51. The first kappa shape index (κ1) is 10.5. The molecule has 1 aliphatic carbocycles. The van der Waals surface area contributed by atoms with Crippen LogP contribution in [0.3, 0.4) is 0 Å². The quantitative estimate of drug-likeness (QED) is 0.798. The summed E-state index contributed by atoms with van der Waals surface area (Å²) in [5, 5.41) is 0. The van der Waals surface area contributed by atoms with Gasteiger partial charge in [-0.15, -0.1) is 0 Å². The van der Waals surface area contributed by atoms with Crippen molar-refractivity contribution in [3.8, 4) is 0 Å². The Morgan fingerprint density at radius 2 is 1.93 bits per heavy atom. The van der Waals surface area contributed by atoms with Crippen LogP contribution in [0.15, 0.2) is 24.3 Å². The fraction of sp³-hybridized carbons (Fsp3) is 0.538. The number of rotatable bonds is 5. The van der Waals surface area contributed by atoms with Gasteiger partial charge in [-0.2, -0.15) is 0 Å². The summed E-state index contributed by atoms with van der Waals surface area (Å²) in [7, 11) is 0. The number of nitrogens with two attached hydrogens (primary N) is 1. The molecule has 0 heterocycles. The zero-order valence-electron chi connectivity index (χ0n) is 9.45. The molecule has 0 bridgehead atoms. The largest absolute Gasteiger partial charge is 0.369 e. The van der Waals surface area contributed by atoms with Gasteiger partial charge in [-0.05, 0) is 37.0 Å². The van der Waals surface area contributed by atoms with Gasteiger partial charge in [-0.25, -0.2) is 0 Å². The predicted octanol–water partition coefficient (Wildman–Crippen LogP) is 2.52. The van der Waals surface area contributed by atoms with E-state index in [9.17, 15) is 0 Å². The fourth-order valence-electron chi connectivity index (χ4n) is 1.97. The lowest BCUT2D eigenvalue weighted by atomic mass is 10.2. The van der Waals surface area contributed by atoms with Gasteiger partial charge >= 0.3 is 0 Å². The third-order valence-electron chi connectivity index (χ3n) is 2.96. The standard InChI is InChI=1S/C13H20N2/c1-2-9-15(13-7-8-13)12-5-3-11(10-14)4-6-12/h3-6,13H,2,7-10,14H2,1H3. The molecule has 1 fully saturated rings. The zero-order valence-corrected chi connectivity index (χ0v) is 9.45. The second-order valence-corrected chi connectivity index (χ2v) is 4.30. The van der Waals surface area contributed by atoms with Crippen molar-refractivity contribution in [2.75, 3.05) is 11.4 Å². The molecule has 0 aromatic heterocycles. The van der Waals surface area contributed by atoms with Crippen LogP contribution in [0.4, 0.5) is 5.69 Å². The van der Waals surface area contributed by atoms with Crippen molar-refractivity contribution in [3.05, 3.63) is 29.8 Å². The van der Waals surface area contributed by atoms with E-state index >= 15 is 0 Å². The average molecular weight is 204 g/mol. The minimum atomic E-state index is 0.636. The highest BCUT2D eigenvalue weighted by molar-refractivity contribution is 5.49. The summed E-state index contributed by atoms with van der Waals surface area (Å²) < 4.78 is 0. The molecular formula is C13H20N2. The van der Waals surface area contributed by atoms with E-state index in [-0.39, 0.29) is 0 Å². The molecule has 1 saturated carbocycles. The Balaban J connectivity index is 2.10. The fourth-order valence-corrected chi connectivity index (χ4v) is 1.97. The summed E-state index contributed by atoms with van der Waals surface area (Å²) in [5.74, 6) is 0. The molecule has 1 aromatic carbocycles. The highest BCUT2D eigenvalue weighted by Gasteiger charge is 2.28. The van der Waals surface area contributed by atoms with Crippen molar-refractivity contribution in [1.82, 2.24) is 0 Å². The first-order valence-electron chi connectivity index (χ1n) is 5.90. The van der Waals surface area contributed by atoms with Crippen LogP contribution in [0.5, 0.6) is 0 Å². The van der Waals surface area contributed by atoms with E-state index < -0.39 is 0 Å². The van der Waals surface area contributed by atoms with Crippen molar-refractivity contribution >= 4 is 5.69 Å². The summed E-state index contributed by atoms with van der Waals surface area (Å²) in [6.45, 7) is 4.05. The van der Waals surface area contributed by atoms with Crippen LogP contribution in [0.25, 0.3) is 0 Å². The first-order chi connectivity index (χ1) is 7.35. The van der Waals surface area contributed by atoms with Crippen LogP contribution in [-0.4, -0.2) is 12.6 Å². The molecule has 0 amide bonds. The summed E-state index contributed by atoms with van der Waals surface area (Å²) in [6, 6.07) is 9.49. The number of hydrogen-bond acceptors (Lipinski definition) is 2. The van der Waals surface area contributed by atoms with Gasteiger partial charge in [0.05, 0.1) is 0 Å². The average Bonchev–Trinajstić information content (AvgIpc) is 3.10. The van der Waals surface area contributed by atoms with Gasteiger partial charge < -0.3 is 10.6 Å². The number of anilines is 1. The summed E-state index contributed by atoms with van der Waals surface area (Å²) >= 11 is 0. The Kier molecular flexibility index (Phi) is 3.27. The molecule has 2 heteroatoms. The Morgan fingerprint density at radius 3 is 2.40 bits per heavy atom. The highest BCUT2D eigenvalue weighted by Crippen LogP contribution is 2.31. The Hall–Kier alpha value is -1.02. The number of nitrogens with zero attached hydrogens (tertiary/aromatic N) is 1. The number of hydrogen-bond donors (Lipinski definition) is 1. The molecule has 82 valence electrons. The normalized spacial score (nSPS) is 15.3. The van der Waals surface area contributed by atoms with Gasteiger partial charge in [0, 0.05) is 24.8 Å². The molecule has 0 saturated heterocycles. The van der Waals surface area contributed by atoms with Crippen LogP contribution >= 0.6 is 0 Å². The Morgan fingerprint density at radius 1 is 1.27 bits per heavy atom. The lowest BCUT2D eigenvalue weighted by molar-refractivity contribution is 0.763. The molecule has 0 aliphatic heterocycles. The Bertz CT molecular complexity index is 301. The van der Waals surface area contributed by atoms with E-state index in [0.29, 0.717) is 6.54 Å². The first-order valence-corrected chi connectivity index (χ1v) is 5.90. The van der Waals surface area contributed by atoms with E-state index in [2.05, 4.69) is 36.1 Å². The van der Waals surface area contributed by atoms with E-state index in [0.717, 1.165) is 6.04 Å². The van der Waals surface area contributed by atoms with E-state index in [1.807, 2.05) is 0 Å². The summed E-state index contributed by atoms with van der Waals surface area (Å²) in [6.07, 6.45) is 3.94. The lowest BCUT2D eigenvalue weighted by Crippen LogP contribution is -2.26. The molecule has 0 unspecified atom stereocenters. The van der Waals surface area contributed by atoms with Crippen LogP contribution in [0.1, 0.15) is 31.7 Å². The zero-order chi connectivity index (χ0) is 10.7. The van der Waals surface area contributed by atoms with Crippen molar-refractivity contribution < 1.29 is 0 Å². The maximum absolute atomic E-state index is 5.59. The van der Waals surface area contributed by atoms with Crippen molar-refractivity contribution in [2.45, 2.75) is 38.8 Å². The summed E-state index contributed by atoms with van der Waals surface area (Å²) in [4.78, 5) is 2.53. The highest BCUT2D eigenvalue weighted by atomic mass is 15.2. The van der Waals surface area contributed by atoms with Gasteiger partial charge in [0.15, 0.2) is 0 Å². The number of benzene rings is 1. The van der Waals surface area contributed by atoms with Gasteiger partial charge in [-0.1, -0.05) is 19.1 Å². The lowest BCUT2D eigenvalue weighted by Gasteiger charge is -2.24. The van der Waals surface area contributed by atoms with Crippen LogP contribution < -0.4 is 10.6 Å². The molecule has 0 spiro atoms. The minimum absolute atomic E-state index is 0.636. The van der Waals surface area contributed by atoms with Gasteiger partial charge in [0.2, 0.25) is 0 Å². The Labute approximate surface area is 92.1 Å². The van der Waals surface area contributed by atoms with Crippen LogP contribution in [-0.2, 0) is 6.54 Å². The molecule has 0 atom stereocenters. The topological polar surface area (TPSA) is 29.3 Å². The van der Waals surface area contributed by atoms with E-state index in [1.54, 1.807) is 0 Å². The van der Waals surface area contributed by atoms with Crippen molar-refractivity contribution in [2.24, 2.45) is 5.73 Å². The second-order valence-electron chi connectivity index (χ2n) is 4.30. The molecule has 2 rings (SSSR count). The SMILES string of the molecule is CCCN(c1ccc(CN)cc1)C1CC1. The predicted molar refractivity (Wildman–Crippen MR) is 65.0 cm³/mol. The monoisotopic (exact) mass is 204 g/mol. The smallest absolute Gasteiger partial charge is 0.0368 e. The molecule has 1 aliphatic rings. The van der Waals surface area contributed by atoms with E-state index in [1.165, 1.54) is 37.1 Å². The molecule has 2 nitrogen and oxygen atoms in total. The van der Waals surface area contributed by atoms with Gasteiger partial charge in [0.25, 0.3) is 0 Å². The second kappa shape index (κ2) is 4.67. The maximum atomic E-state index is 5.59. The molecule has 1 aromatic rings. The third-order valence-corrected chi connectivity index (χ3v) is 2.96. The van der Waals surface area contributed by atoms with E-state index in [4.69, 9.17) is 5.73 Å². The van der Waals surface area contributed by atoms with Gasteiger partial charge in [-0.3, -0.25) is 0 Å². The summed E-state index contributed by atoms with van der Waals surface area (Å²) in [5.41, 5.74) is 8.17. The molecule has 0 radical (unpaired) electrons. The molecule has 2 N–H and O–H groups in total. The van der Waals surface area contributed by atoms with Crippen LogP contribution in [0.2, 0.25) is 0 Å². The molecule has 15 heavy (non-hydrogen) atoms. The van der Waals surface area contributed by atoms with Crippen LogP contribution in [0, 0.1) is 0 Å². The minimum Gasteiger partial charge on any atom is -0.369 e. The van der Waals surface area contributed by atoms with Crippen molar-refractivity contribution in [1.29, 1.82) is 0 Å². The molecular weight excluding hydrogens is 184 g/mol. The van der Waals surface area contributed by atoms with Crippen molar-refractivity contribution in [3.63, 3.8) is 0 Å². The van der Waals surface area contributed by atoms with Gasteiger partial charge in [0.1, 0.15) is 0 Å². The maximum Gasteiger partial charge on any atom is 0.0368 e.